The van der Waals surface area contributed by atoms with Gasteiger partial charge in [0.25, 0.3) is 5.91 Å². The number of furan rings is 1. The van der Waals surface area contributed by atoms with Crippen LogP contribution in [0.4, 0.5) is 4.79 Å². The fourth-order valence-corrected chi connectivity index (χ4v) is 2.18. The maximum Gasteiger partial charge on any atom is 0.375 e. The van der Waals surface area contributed by atoms with Crippen LogP contribution in [0.25, 0.3) is 11.0 Å². The quantitative estimate of drug-likeness (QED) is 0.552. The first-order chi connectivity index (χ1) is 12.6. The van der Waals surface area contributed by atoms with Crippen molar-refractivity contribution < 1.29 is 28.3 Å². The molecule has 3 amide bonds. The van der Waals surface area contributed by atoms with Crippen molar-refractivity contribution >= 4 is 28.9 Å². The molecule has 0 bridgehead atoms. The topological polar surface area (TPSA) is 107 Å². The van der Waals surface area contributed by atoms with Crippen LogP contribution in [0.5, 0.6) is 0 Å². The second kappa shape index (κ2) is 9.38. The van der Waals surface area contributed by atoms with Gasteiger partial charge in [0.2, 0.25) is 5.76 Å². The van der Waals surface area contributed by atoms with Crippen molar-refractivity contribution in [3.05, 3.63) is 48.2 Å². The van der Waals surface area contributed by atoms with Crippen molar-refractivity contribution in [2.24, 2.45) is 0 Å². The fourth-order valence-electron chi connectivity index (χ4n) is 2.18. The Morgan fingerprint density at radius 2 is 2.04 bits per heavy atom. The summed E-state index contributed by atoms with van der Waals surface area (Å²) < 4.78 is 15.9. The van der Waals surface area contributed by atoms with Gasteiger partial charge in [0, 0.05) is 24.1 Å². The van der Waals surface area contributed by atoms with E-state index in [2.05, 4.69) is 11.9 Å². The Bertz CT molecular complexity index is 811. The largest absolute Gasteiger partial charge is 0.450 e. The molecule has 0 unspecified atom stereocenters. The molecule has 1 aromatic heterocycles. The molecule has 2 N–H and O–H groups in total. The average Bonchev–Trinajstić information content (AvgIpc) is 3.01. The van der Waals surface area contributed by atoms with Crippen molar-refractivity contribution in [2.75, 3.05) is 19.8 Å². The minimum atomic E-state index is -0.808. The van der Waals surface area contributed by atoms with Gasteiger partial charge in [0.1, 0.15) is 5.58 Å². The average molecular weight is 360 g/mol. The van der Waals surface area contributed by atoms with Gasteiger partial charge in [0.15, 0.2) is 6.61 Å². The third-order valence-corrected chi connectivity index (χ3v) is 3.33. The van der Waals surface area contributed by atoms with E-state index in [1.807, 2.05) is 18.3 Å². The molecule has 0 saturated carbocycles. The first kappa shape index (κ1) is 19.2. The lowest BCUT2D eigenvalue weighted by molar-refractivity contribution is -0.123. The SMILES string of the molecule is C=CCNC(=O)NC(=O)COC(=O)c1oc2ccccc2c1COCC. The molecule has 0 aliphatic heterocycles. The van der Waals surface area contributed by atoms with Crippen LogP contribution in [-0.2, 0) is 20.9 Å². The van der Waals surface area contributed by atoms with E-state index in [0.717, 1.165) is 5.39 Å². The van der Waals surface area contributed by atoms with Crippen LogP contribution in [0.3, 0.4) is 0 Å². The molecule has 1 heterocycles. The molecule has 2 rings (SSSR count). The van der Waals surface area contributed by atoms with Gasteiger partial charge < -0.3 is 19.2 Å². The Morgan fingerprint density at radius 1 is 1.27 bits per heavy atom. The van der Waals surface area contributed by atoms with Crippen LogP contribution in [0.2, 0.25) is 0 Å². The lowest BCUT2D eigenvalue weighted by Gasteiger charge is -2.06. The van der Waals surface area contributed by atoms with Crippen LogP contribution in [0, 0.1) is 0 Å². The molecule has 8 nitrogen and oxygen atoms in total. The zero-order valence-corrected chi connectivity index (χ0v) is 14.4. The molecule has 0 aliphatic rings. The second-order valence-corrected chi connectivity index (χ2v) is 5.17. The number of benzene rings is 1. The number of carbonyl (C=O) groups excluding carboxylic acids is 3. The molecular weight excluding hydrogens is 340 g/mol. The van der Waals surface area contributed by atoms with Gasteiger partial charge in [-0.1, -0.05) is 24.3 Å². The van der Waals surface area contributed by atoms with Crippen molar-refractivity contribution in [3.8, 4) is 0 Å². The molecular formula is C18H20N2O6. The smallest absolute Gasteiger partial charge is 0.375 e. The standard InChI is InChI=1S/C18H20N2O6/c1-3-9-19-18(23)20-15(21)11-25-17(22)16-13(10-24-4-2)12-7-5-6-8-14(12)26-16/h3,5-8H,1,4,9-11H2,2H3,(H2,19,20,21,23). The third kappa shape index (κ3) is 4.93. The number of ether oxygens (including phenoxy) is 2. The van der Waals surface area contributed by atoms with E-state index in [1.54, 1.807) is 18.2 Å². The summed E-state index contributed by atoms with van der Waals surface area (Å²) in [5, 5.41) is 5.13. The third-order valence-electron chi connectivity index (χ3n) is 3.33. The van der Waals surface area contributed by atoms with Gasteiger partial charge in [-0.15, -0.1) is 6.58 Å². The molecule has 138 valence electrons. The fraction of sp³-hybridized carbons (Fsp3) is 0.278. The molecule has 0 aliphatic carbocycles. The Hall–Kier alpha value is -3.13. The van der Waals surface area contributed by atoms with Gasteiger partial charge in [-0.2, -0.15) is 0 Å². The summed E-state index contributed by atoms with van der Waals surface area (Å²) >= 11 is 0. The second-order valence-electron chi connectivity index (χ2n) is 5.17. The number of amides is 3. The Labute approximate surface area is 150 Å². The number of hydrogen-bond donors (Lipinski definition) is 2. The lowest BCUT2D eigenvalue weighted by atomic mass is 10.1. The van der Waals surface area contributed by atoms with Gasteiger partial charge in [-0.25, -0.2) is 9.59 Å². The maximum absolute atomic E-state index is 12.3. The van der Waals surface area contributed by atoms with Crippen LogP contribution in [0.1, 0.15) is 23.0 Å². The summed E-state index contributed by atoms with van der Waals surface area (Å²) in [6, 6.07) is 6.42. The monoisotopic (exact) mass is 360 g/mol. The van der Waals surface area contributed by atoms with E-state index in [4.69, 9.17) is 13.9 Å². The number of esters is 1. The normalized spacial score (nSPS) is 10.3. The molecule has 26 heavy (non-hydrogen) atoms. The molecule has 0 radical (unpaired) electrons. The minimum Gasteiger partial charge on any atom is -0.450 e. The summed E-state index contributed by atoms with van der Waals surface area (Å²) in [5.41, 5.74) is 1.07. The van der Waals surface area contributed by atoms with Gasteiger partial charge in [-0.3, -0.25) is 10.1 Å². The highest BCUT2D eigenvalue weighted by molar-refractivity contribution is 5.99. The number of nitrogens with one attached hydrogen (secondary N) is 2. The maximum atomic E-state index is 12.3. The van der Waals surface area contributed by atoms with E-state index in [9.17, 15) is 14.4 Å². The number of carbonyl (C=O) groups is 3. The highest BCUT2D eigenvalue weighted by Crippen LogP contribution is 2.27. The predicted octanol–water partition coefficient (Wildman–Crippen LogP) is 2.14. The van der Waals surface area contributed by atoms with Crippen molar-refractivity contribution in [1.29, 1.82) is 0 Å². The van der Waals surface area contributed by atoms with E-state index in [0.29, 0.717) is 17.8 Å². The Kier molecular flexibility index (Phi) is 6.92. The zero-order chi connectivity index (χ0) is 18.9. The number of hydrogen-bond acceptors (Lipinski definition) is 6. The summed E-state index contributed by atoms with van der Waals surface area (Å²) in [7, 11) is 0. The molecule has 8 heteroatoms. The zero-order valence-electron chi connectivity index (χ0n) is 14.4. The van der Waals surface area contributed by atoms with Gasteiger partial charge in [-0.05, 0) is 13.0 Å². The molecule has 0 fully saturated rings. The van der Waals surface area contributed by atoms with Crippen LogP contribution < -0.4 is 10.6 Å². The van der Waals surface area contributed by atoms with Crippen LogP contribution in [-0.4, -0.2) is 37.7 Å². The van der Waals surface area contributed by atoms with E-state index < -0.39 is 24.5 Å². The van der Waals surface area contributed by atoms with Crippen molar-refractivity contribution in [2.45, 2.75) is 13.5 Å². The first-order valence-electron chi connectivity index (χ1n) is 8.00. The van der Waals surface area contributed by atoms with E-state index in [1.165, 1.54) is 6.08 Å². The number of urea groups is 1. The van der Waals surface area contributed by atoms with Crippen LogP contribution in [0.15, 0.2) is 41.3 Å². The molecule has 1 aromatic carbocycles. The molecule has 0 atom stereocenters. The van der Waals surface area contributed by atoms with Gasteiger partial charge >= 0.3 is 12.0 Å². The van der Waals surface area contributed by atoms with Crippen molar-refractivity contribution in [3.63, 3.8) is 0 Å². The molecule has 2 aromatic rings. The minimum absolute atomic E-state index is 0.0245. The summed E-state index contributed by atoms with van der Waals surface area (Å²) in [6.45, 7) is 5.50. The predicted molar refractivity (Wildman–Crippen MR) is 93.6 cm³/mol. The number of rotatable bonds is 8. The first-order valence-corrected chi connectivity index (χ1v) is 8.00. The Balaban J connectivity index is 2.03. The number of fused-ring (bicyclic) bond motifs is 1. The summed E-state index contributed by atoms with van der Waals surface area (Å²) in [4.78, 5) is 35.3. The number of para-hydroxylation sites is 1. The van der Waals surface area contributed by atoms with Crippen LogP contribution >= 0.6 is 0 Å². The summed E-state index contributed by atoms with van der Waals surface area (Å²) in [5.74, 6) is -1.59. The Morgan fingerprint density at radius 3 is 2.77 bits per heavy atom. The lowest BCUT2D eigenvalue weighted by Crippen LogP contribution is -2.41. The highest BCUT2D eigenvalue weighted by Gasteiger charge is 2.22. The highest BCUT2D eigenvalue weighted by atomic mass is 16.5. The van der Waals surface area contributed by atoms with Gasteiger partial charge in [0.05, 0.1) is 6.61 Å². The molecule has 0 saturated heterocycles. The molecule has 0 spiro atoms. The van der Waals surface area contributed by atoms with E-state index >= 15 is 0 Å². The summed E-state index contributed by atoms with van der Waals surface area (Å²) in [6.07, 6.45) is 1.46. The van der Waals surface area contributed by atoms with E-state index in [-0.39, 0.29) is 18.9 Å². The van der Waals surface area contributed by atoms with Crippen molar-refractivity contribution in [1.82, 2.24) is 10.6 Å². The number of imide groups is 1.